The van der Waals surface area contributed by atoms with Gasteiger partial charge in [0.2, 0.25) is 0 Å². The summed E-state index contributed by atoms with van der Waals surface area (Å²) in [6.45, 7) is 0. The average molecular weight is 173 g/mol. The highest BCUT2D eigenvalue weighted by atomic mass is 16.5. The first kappa shape index (κ1) is 7.67. The number of hydrogen-bond acceptors (Lipinski definition) is 4. The van der Waals surface area contributed by atoms with Crippen LogP contribution in [0.5, 0.6) is 11.5 Å². The van der Waals surface area contributed by atoms with Gasteiger partial charge in [-0.15, -0.1) is 10.2 Å². The molecule has 2 aromatic rings. The Labute approximate surface area is 75.2 Å². The number of rotatable bonds is 2. The molecule has 0 N–H and O–H groups in total. The lowest BCUT2D eigenvalue weighted by Crippen LogP contribution is -1.88. The van der Waals surface area contributed by atoms with Crippen LogP contribution in [0.3, 0.4) is 0 Å². The second-order valence-electron chi connectivity index (χ2n) is 2.40. The Morgan fingerprint density at radius 1 is 0.846 bits per heavy atom. The number of hydrogen-bond donors (Lipinski definition) is 0. The van der Waals surface area contributed by atoms with Crippen LogP contribution in [0.4, 0.5) is 0 Å². The van der Waals surface area contributed by atoms with E-state index < -0.39 is 0 Å². The summed E-state index contributed by atoms with van der Waals surface area (Å²) in [5.41, 5.74) is 0. The lowest BCUT2D eigenvalue weighted by Gasteiger charge is -2.01. The van der Waals surface area contributed by atoms with Crippen molar-refractivity contribution in [2.45, 2.75) is 0 Å². The minimum absolute atomic E-state index is 0.584. The van der Waals surface area contributed by atoms with Gasteiger partial charge in [0.25, 0.3) is 0 Å². The minimum atomic E-state index is 0.584. The van der Waals surface area contributed by atoms with Gasteiger partial charge >= 0.3 is 0 Å². The molecule has 0 aliphatic carbocycles. The summed E-state index contributed by atoms with van der Waals surface area (Å²) in [5, 5.41) is 10.6. The molecule has 0 aliphatic heterocycles. The topological polar surface area (TPSA) is 47.9 Å². The van der Waals surface area contributed by atoms with Gasteiger partial charge in [-0.05, 0) is 17.3 Å². The Hall–Kier alpha value is -1.97. The monoisotopic (exact) mass is 173 g/mol. The van der Waals surface area contributed by atoms with Crippen molar-refractivity contribution in [1.82, 2.24) is 15.4 Å². The molecule has 0 unspecified atom stereocenters. The van der Waals surface area contributed by atoms with Crippen LogP contribution in [0, 0.1) is 0 Å². The Kier molecular flexibility index (Phi) is 2.14. The van der Waals surface area contributed by atoms with Gasteiger partial charge in [-0.2, -0.15) is 0 Å². The molecule has 0 aliphatic rings. The van der Waals surface area contributed by atoms with Gasteiger partial charge in [0.05, 0.1) is 12.4 Å². The van der Waals surface area contributed by atoms with E-state index in [0.717, 1.165) is 5.75 Å². The van der Waals surface area contributed by atoms with Crippen molar-refractivity contribution in [3.05, 3.63) is 42.7 Å². The van der Waals surface area contributed by atoms with E-state index in [1.165, 1.54) is 12.4 Å². The normalized spacial score (nSPS) is 9.54. The molecule has 4 heteroatoms. The number of ether oxygens (including phenoxy) is 1. The van der Waals surface area contributed by atoms with E-state index in [0.29, 0.717) is 5.75 Å². The lowest BCUT2D eigenvalue weighted by atomic mass is 10.3. The SMILES string of the molecule is c1ccc(Oc2cnnnc2)cc1. The van der Waals surface area contributed by atoms with Crippen LogP contribution >= 0.6 is 0 Å². The predicted molar refractivity (Wildman–Crippen MR) is 46.3 cm³/mol. The van der Waals surface area contributed by atoms with Gasteiger partial charge in [0, 0.05) is 0 Å². The average Bonchev–Trinajstić information content (AvgIpc) is 2.21. The highest BCUT2D eigenvalue weighted by Crippen LogP contribution is 2.17. The maximum Gasteiger partial charge on any atom is 0.167 e. The second kappa shape index (κ2) is 3.62. The summed E-state index contributed by atoms with van der Waals surface area (Å²) in [7, 11) is 0. The number of benzene rings is 1. The quantitative estimate of drug-likeness (QED) is 0.693. The maximum absolute atomic E-state index is 5.41. The molecule has 64 valence electrons. The van der Waals surface area contributed by atoms with E-state index in [4.69, 9.17) is 4.74 Å². The zero-order valence-corrected chi connectivity index (χ0v) is 6.79. The standard InChI is InChI=1S/C9H7N3O/c1-2-4-8(5-3-1)13-9-6-10-12-11-7-9/h1-7H. The lowest BCUT2D eigenvalue weighted by molar-refractivity contribution is 0.473. The Balaban J connectivity index is 2.16. The summed E-state index contributed by atoms with van der Waals surface area (Å²) in [5.74, 6) is 1.35. The van der Waals surface area contributed by atoms with Crippen LogP contribution in [0.1, 0.15) is 0 Å². The molecule has 13 heavy (non-hydrogen) atoms. The van der Waals surface area contributed by atoms with Crippen molar-refractivity contribution < 1.29 is 4.74 Å². The summed E-state index contributed by atoms with van der Waals surface area (Å²) in [6, 6.07) is 9.45. The van der Waals surface area contributed by atoms with Crippen molar-refractivity contribution in [2.24, 2.45) is 0 Å². The van der Waals surface area contributed by atoms with Crippen LogP contribution in [-0.2, 0) is 0 Å². The van der Waals surface area contributed by atoms with E-state index in [-0.39, 0.29) is 0 Å². The first-order valence-electron chi connectivity index (χ1n) is 3.81. The fraction of sp³-hybridized carbons (Fsp3) is 0. The third-order valence-electron chi connectivity index (χ3n) is 1.45. The highest BCUT2D eigenvalue weighted by Gasteiger charge is 1.94. The highest BCUT2D eigenvalue weighted by molar-refractivity contribution is 5.26. The van der Waals surface area contributed by atoms with Crippen molar-refractivity contribution in [3.63, 3.8) is 0 Å². The molecular weight excluding hydrogens is 166 g/mol. The summed E-state index contributed by atoms with van der Waals surface area (Å²) < 4.78 is 5.41. The van der Waals surface area contributed by atoms with Crippen LogP contribution in [0.25, 0.3) is 0 Å². The Morgan fingerprint density at radius 2 is 1.54 bits per heavy atom. The first-order valence-corrected chi connectivity index (χ1v) is 3.81. The molecule has 0 saturated heterocycles. The van der Waals surface area contributed by atoms with E-state index in [2.05, 4.69) is 15.4 Å². The van der Waals surface area contributed by atoms with Gasteiger partial charge in [-0.1, -0.05) is 18.2 Å². The predicted octanol–water partition coefficient (Wildman–Crippen LogP) is 1.66. The molecule has 0 atom stereocenters. The molecule has 1 aromatic heterocycles. The van der Waals surface area contributed by atoms with Crippen molar-refractivity contribution in [2.75, 3.05) is 0 Å². The zero-order valence-electron chi connectivity index (χ0n) is 6.79. The number of aromatic nitrogens is 3. The minimum Gasteiger partial charge on any atom is -0.454 e. The molecule has 2 rings (SSSR count). The first-order chi connectivity index (χ1) is 6.45. The molecule has 0 amide bonds. The summed E-state index contributed by atoms with van der Waals surface area (Å²) in [6.07, 6.45) is 3.03. The Bertz CT molecular complexity index is 326. The smallest absolute Gasteiger partial charge is 0.167 e. The molecule has 1 heterocycles. The fourth-order valence-corrected chi connectivity index (χ4v) is 0.906. The van der Waals surface area contributed by atoms with E-state index in [1.807, 2.05) is 30.3 Å². The summed E-state index contributed by atoms with van der Waals surface area (Å²) >= 11 is 0. The molecular formula is C9H7N3O. The van der Waals surface area contributed by atoms with Gasteiger partial charge in [-0.25, -0.2) is 0 Å². The zero-order chi connectivity index (χ0) is 8.93. The van der Waals surface area contributed by atoms with Crippen molar-refractivity contribution in [1.29, 1.82) is 0 Å². The van der Waals surface area contributed by atoms with E-state index in [9.17, 15) is 0 Å². The van der Waals surface area contributed by atoms with E-state index >= 15 is 0 Å². The molecule has 0 fully saturated rings. The third-order valence-corrected chi connectivity index (χ3v) is 1.45. The van der Waals surface area contributed by atoms with Crippen LogP contribution < -0.4 is 4.74 Å². The Morgan fingerprint density at radius 3 is 2.23 bits per heavy atom. The number of para-hydroxylation sites is 1. The number of nitrogens with zero attached hydrogens (tertiary/aromatic N) is 3. The van der Waals surface area contributed by atoms with Crippen LogP contribution in [-0.4, -0.2) is 15.4 Å². The molecule has 0 spiro atoms. The third kappa shape index (κ3) is 1.99. The van der Waals surface area contributed by atoms with Crippen LogP contribution in [0.2, 0.25) is 0 Å². The maximum atomic E-state index is 5.41. The molecule has 1 aromatic carbocycles. The van der Waals surface area contributed by atoms with Gasteiger partial charge < -0.3 is 4.74 Å². The van der Waals surface area contributed by atoms with Crippen molar-refractivity contribution >= 4 is 0 Å². The van der Waals surface area contributed by atoms with Crippen molar-refractivity contribution in [3.8, 4) is 11.5 Å². The molecule has 0 bridgehead atoms. The largest absolute Gasteiger partial charge is 0.454 e. The van der Waals surface area contributed by atoms with Crippen LogP contribution in [0.15, 0.2) is 42.7 Å². The molecule has 0 radical (unpaired) electrons. The molecule has 0 saturated carbocycles. The van der Waals surface area contributed by atoms with E-state index in [1.54, 1.807) is 0 Å². The van der Waals surface area contributed by atoms with Gasteiger partial charge in [0.1, 0.15) is 5.75 Å². The molecule has 4 nitrogen and oxygen atoms in total. The van der Waals surface area contributed by atoms with Gasteiger partial charge in [0.15, 0.2) is 5.75 Å². The second-order valence-corrected chi connectivity index (χ2v) is 2.40. The summed E-state index contributed by atoms with van der Waals surface area (Å²) in [4.78, 5) is 0. The fourth-order valence-electron chi connectivity index (χ4n) is 0.906. The van der Waals surface area contributed by atoms with Gasteiger partial charge in [-0.3, -0.25) is 0 Å².